The fourth-order valence-electron chi connectivity index (χ4n) is 4.65. The van der Waals surface area contributed by atoms with Gasteiger partial charge in [-0.2, -0.15) is 0 Å². The molecule has 0 radical (unpaired) electrons. The van der Waals surface area contributed by atoms with Crippen molar-refractivity contribution in [3.05, 3.63) is 65.2 Å². The molecule has 0 unspecified atom stereocenters. The number of carbonyl (C=O) groups excluding carboxylic acids is 1. The molecule has 3 aliphatic heterocycles. The number of thioether (sulfide) groups is 1. The maximum Gasteiger partial charge on any atom is 0.336 e. The first kappa shape index (κ1) is 24.3. The third kappa shape index (κ3) is 5.24. The zero-order valence-corrected chi connectivity index (χ0v) is 20.7. The van der Waals surface area contributed by atoms with E-state index >= 15 is 0 Å². The van der Waals surface area contributed by atoms with Crippen molar-refractivity contribution in [3.63, 3.8) is 0 Å². The van der Waals surface area contributed by atoms with E-state index in [9.17, 15) is 14.7 Å². The summed E-state index contributed by atoms with van der Waals surface area (Å²) in [5, 5.41) is 25.7. The summed E-state index contributed by atoms with van der Waals surface area (Å²) in [7, 11) is 0. The number of ether oxygens (including phenoxy) is 1. The average Bonchev–Trinajstić information content (AvgIpc) is 3.54. The van der Waals surface area contributed by atoms with Crippen LogP contribution in [0.3, 0.4) is 0 Å². The van der Waals surface area contributed by atoms with E-state index in [4.69, 9.17) is 4.74 Å². The van der Waals surface area contributed by atoms with E-state index < -0.39 is 5.97 Å². The van der Waals surface area contributed by atoms with Crippen LogP contribution in [-0.2, 0) is 4.74 Å². The Morgan fingerprint density at radius 1 is 1.11 bits per heavy atom. The second-order valence-corrected chi connectivity index (χ2v) is 9.97. The number of amides is 1. The van der Waals surface area contributed by atoms with Crippen molar-refractivity contribution >= 4 is 40.2 Å². The number of unbranched alkanes of at least 4 members (excludes halogenated alkanes) is 1. The number of hydrogen-bond donors (Lipinski definition) is 3. The number of benzene rings is 2. The van der Waals surface area contributed by atoms with Gasteiger partial charge < -0.3 is 25.4 Å². The molecule has 9 nitrogen and oxygen atoms in total. The predicted molar refractivity (Wildman–Crippen MR) is 141 cm³/mol. The molecule has 0 spiro atoms. The van der Waals surface area contributed by atoms with Gasteiger partial charge >= 0.3 is 5.97 Å². The minimum Gasteiger partial charge on any atom is -0.478 e. The molecule has 0 saturated carbocycles. The summed E-state index contributed by atoms with van der Waals surface area (Å²) in [5.74, 6) is -0.648. The van der Waals surface area contributed by atoms with Crippen molar-refractivity contribution in [2.75, 3.05) is 30.8 Å². The number of nitrogens with zero attached hydrogens (tertiary/aromatic N) is 3. The molecule has 3 heterocycles. The highest BCUT2D eigenvalue weighted by atomic mass is 32.2. The van der Waals surface area contributed by atoms with Crippen molar-refractivity contribution in [2.24, 2.45) is 10.2 Å². The van der Waals surface area contributed by atoms with Crippen LogP contribution < -0.4 is 10.6 Å². The molecule has 2 atom stereocenters. The Morgan fingerprint density at radius 3 is 2.72 bits per heavy atom. The molecule has 3 N–H and O–H groups in total. The minimum absolute atomic E-state index is 0.00907. The van der Waals surface area contributed by atoms with Crippen LogP contribution >= 0.6 is 11.8 Å². The zero-order valence-electron chi connectivity index (χ0n) is 19.9. The van der Waals surface area contributed by atoms with Gasteiger partial charge in [-0.25, -0.2) is 4.79 Å². The normalized spacial score (nSPS) is 20.2. The van der Waals surface area contributed by atoms with E-state index in [2.05, 4.69) is 37.9 Å². The monoisotopic (exact) mass is 507 g/mol. The number of aromatic carboxylic acids is 1. The van der Waals surface area contributed by atoms with Gasteiger partial charge in [-0.1, -0.05) is 42.1 Å². The van der Waals surface area contributed by atoms with Gasteiger partial charge in [0.2, 0.25) is 0 Å². The van der Waals surface area contributed by atoms with Crippen LogP contribution in [0.2, 0.25) is 0 Å². The first-order valence-corrected chi connectivity index (χ1v) is 13.2. The van der Waals surface area contributed by atoms with Crippen molar-refractivity contribution in [1.82, 2.24) is 10.2 Å². The van der Waals surface area contributed by atoms with E-state index in [1.54, 1.807) is 23.9 Å². The zero-order chi connectivity index (χ0) is 24.9. The van der Waals surface area contributed by atoms with Crippen molar-refractivity contribution in [1.29, 1.82) is 0 Å². The second-order valence-electron chi connectivity index (χ2n) is 8.91. The molecule has 36 heavy (non-hydrogen) atoms. The summed E-state index contributed by atoms with van der Waals surface area (Å²) in [6.45, 7) is 2.04. The molecule has 0 aliphatic carbocycles. The van der Waals surface area contributed by atoms with E-state index in [-0.39, 0.29) is 29.3 Å². The van der Waals surface area contributed by atoms with Crippen LogP contribution in [0, 0.1) is 0 Å². The number of nitrogens with one attached hydrogen (secondary N) is 2. The van der Waals surface area contributed by atoms with Gasteiger partial charge in [-0.15, -0.1) is 10.2 Å². The van der Waals surface area contributed by atoms with Crippen LogP contribution in [0.15, 0.2) is 58.7 Å². The maximum atomic E-state index is 12.4. The number of hydrogen-bond acceptors (Lipinski definition) is 8. The Morgan fingerprint density at radius 2 is 1.92 bits per heavy atom. The Balaban J connectivity index is 1.15. The first-order valence-electron chi connectivity index (χ1n) is 12.2. The lowest BCUT2D eigenvalue weighted by atomic mass is 10.1. The molecule has 10 heteroatoms. The number of carbonyl (C=O) groups is 2. The van der Waals surface area contributed by atoms with Crippen molar-refractivity contribution in [3.8, 4) is 0 Å². The van der Waals surface area contributed by atoms with Crippen molar-refractivity contribution in [2.45, 2.75) is 38.0 Å². The van der Waals surface area contributed by atoms with Crippen LogP contribution in [-0.4, -0.2) is 70.5 Å². The van der Waals surface area contributed by atoms with E-state index in [1.807, 2.05) is 12.1 Å². The molecule has 0 bridgehead atoms. The Labute approximate surface area is 214 Å². The highest BCUT2D eigenvalue weighted by molar-refractivity contribution is 8.13. The number of anilines is 1. The molecule has 1 fully saturated rings. The molecule has 1 saturated heterocycles. The van der Waals surface area contributed by atoms with E-state index in [0.717, 1.165) is 66.7 Å². The van der Waals surface area contributed by atoms with Crippen molar-refractivity contribution < 1.29 is 19.4 Å². The lowest BCUT2D eigenvalue weighted by Crippen LogP contribution is -2.50. The highest BCUT2D eigenvalue weighted by Crippen LogP contribution is 2.32. The summed E-state index contributed by atoms with van der Waals surface area (Å²) >= 11 is 1.66. The summed E-state index contributed by atoms with van der Waals surface area (Å²) in [4.78, 5) is 26.0. The lowest BCUT2D eigenvalue weighted by Gasteiger charge is -2.35. The quantitative estimate of drug-likeness (QED) is 0.444. The third-order valence-electron chi connectivity index (χ3n) is 6.47. The van der Waals surface area contributed by atoms with E-state index in [1.165, 1.54) is 12.1 Å². The van der Waals surface area contributed by atoms with Crippen LogP contribution in [0.5, 0.6) is 0 Å². The Kier molecular flexibility index (Phi) is 7.52. The van der Waals surface area contributed by atoms with Gasteiger partial charge in [0, 0.05) is 36.7 Å². The number of rotatable bonds is 9. The van der Waals surface area contributed by atoms with Gasteiger partial charge in [0.25, 0.3) is 5.91 Å². The summed E-state index contributed by atoms with van der Waals surface area (Å²) in [6.07, 6.45) is 3.90. The van der Waals surface area contributed by atoms with E-state index in [0.29, 0.717) is 6.54 Å². The third-order valence-corrected chi connectivity index (χ3v) is 7.54. The largest absolute Gasteiger partial charge is 0.478 e. The van der Waals surface area contributed by atoms with Gasteiger partial charge in [-0.05, 0) is 43.9 Å². The molecule has 1 amide bonds. The predicted octanol–water partition coefficient (Wildman–Crippen LogP) is 3.63. The number of fused-ring (bicyclic) bond motifs is 3. The number of para-hydroxylation sites is 1. The fraction of sp³-hybridized carbons (Fsp3) is 0.385. The SMILES string of the molecule is O=C(O)c1ccccc1C(=O)NCCCCSC1=NN=C2c3ccccc3N[C@@H]2N1C[C@@H]1CCCO1. The topological polar surface area (TPSA) is 116 Å². The fourth-order valence-corrected chi connectivity index (χ4v) is 5.63. The molecular formula is C26H29N5O4S. The number of carboxylic acids is 1. The Hall–Kier alpha value is -3.37. The molecule has 0 aromatic heterocycles. The van der Waals surface area contributed by atoms with Gasteiger partial charge in [0.15, 0.2) is 5.17 Å². The standard InChI is InChI=1S/C26H29N5O4S/c32-24(18-9-1-2-10-19(18)25(33)34)27-13-5-6-15-36-26-30-29-22-20-11-3-4-12-21(20)28-23(22)31(26)16-17-8-7-14-35-17/h1-4,9-12,17,23,28H,5-8,13-16H2,(H,27,32)(H,33,34)/t17-,23+/m0/s1. The summed E-state index contributed by atoms with van der Waals surface area (Å²) < 4.78 is 5.92. The average molecular weight is 508 g/mol. The second kappa shape index (κ2) is 11.1. The maximum absolute atomic E-state index is 12.4. The molecule has 188 valence electrons. The number of carboxylic acid groups (broad SMARTS) is 1. The summed E-state index contributed by atoms with van der Waals surface area (Å²) in [6, 6.07) is 14.4. The summed E-state index contributed by atoms with van der Waals surface area (Å²) in [5.41, 5.74) is 3.29. The number of amidine groups is 1. The van der Waals surface area contributed by atoms with Gasteiger partial charge in [0.05, 0.1) is 17.2 Å². The molecule has 3 aliphatic rings. The lowest BCUT2D eigenvalue weighted by molar-refractivity contribution is 0.0691. The van der Waals surface area contributed by atoms with Crippen LogP contribution in [0.4, 0.5) is 5.69 Å². The molecule has 5 rings (SSSR count). The van der Waals surface area contributed by atoms with Gasteiger partial charge in [-0.3, -0.25) is 4.79 Å². The van der Waals surface area contributed by atoms with Gasteiger partial charge in [0.1, 0.15) is 11.9 Å². The van der Waals surface area contributed by atoms with Crippen LogP contribution in [0.1, 0.15) is 52.0 Å². The first-order chi connectivity index (χ1) is 17.6. The highest BCUT2D eigenvalue weighted by Gasteiger charge is 2.38. The molecular weight excluding hydrogens is 478 g/mol. The van der Waals surface area contributed by atoms with Crippen LogP contribution in [0.25, 0.3) is 0 Å². The Bertz CT molecular complexity index is 1190. The smallest absolute Gasteiger partial charge is 0.336 e. The molecule has 2 aromatic carbocycles. The molecule has 2 aromatic rings. The minimum atomic E-state index is -1.11.